The van der Waals surface area contributed by atoms with Gasteiger partial charge in [0.1, 0.15) is 0 Å². The summed E-state index contributed by atoms with van der Waals surface area (Å²) in [5.41, 5.74) is 0. The van der Waals surface area contributed by atoms with Gasteiger partial charge in [0.05, 0.1) is 13.2 Å². The van der Waals surface area contributed by atoms with E-state index in [1.54, 1.807) is 8.61 Å². The topological polar surface area (TPSA) is 61.9 Å². The number of rotatable bonds is 5. The summed E-state index contributed by atoms with van der Waals surface area (Å²) in [6.45, 7) is 7.51. The van der Waals surface area contributed by atoms with Crippen molar-refractivity contribution in [3.05, 3.63) is 0 Å². The first-order chi connectivity index (χ1) is 9.51. The fourth-order valence-corrected chi connectivity index (χ4v) is 4.60. The van der Waals surface area contributed by atoms with Gasteiger partial charge in [-0.3, -0.25) is 0 Å². The van der Waals surface area contributed by atoms with Crippen LogP contribution in [0.25, 0.3) is 0 Å². The molecule has 1 atom stereocenters. The first kappa shape index (κ1) is 16.2. The Morgan fingerprint density at radius 2 is 1.90 bits per heavy atom. The summed E-state index contributed by atoms with van der Waals surface area (Å²) in [7, 11) is -3.34. The van der Waals surface area contributed by atoms with Crippen LogP contribution >= 0.6 is 0 Å². The Morgan fingerprint density at radius 1 is 1.20 bits per heavy atom. The molecular formula is C13H27N3O3S. The highest BCUT2D eigenvalue weighted by Crippen LogP contribution is 2.23. The number of nitrogens with zero attached hydrogens (tertiary/aromatic N) is 2. The highest BCUT2D eigenvalue weighted by molar-refractivity contribution is 7.86. The van der Waals surface area contributed by atoms with Crippen molar-refractivity contribution < 1.29 is 13.2 Å². The van der Waals surface area contributed by atoms with Crippen molar-refractivity contribution in [3.8, 4) is 0 Å². The molecule has 2 aliphatic rings. The minimum Gasteiger partial charge on any atom is -0.379 e. The molecule has 0 saturated carbocycles. The third kappa shape index (κ3) is 3.92. The Kier molecular flexibility index (Phi) is 5.80. The van der Waals surface area contributed by atoms with Gasteiger partial charge in [0.2, 0.25) is 0 Å². The van der Waals surface area contributed by atoms with Gasteiger partial charge in [0.25, 0.3) is 10.2 Å². The number of morpholine rings is 1. The molecule has 0 aliphatic carbocycles. The van der Waals surface area contributed by atoms with E-state index < -0.39 is 10.2 Å². The summed E-state index contributed by atoms with van der Waals surface area (Å²) in [4.78, 5) is 0. The van der Waals surface area contributed by atoms with Crippen molar-refractivity contribution >= 4 is 10.2 Å². The van der Waals surface area contributed by atoms with E-state index in [1.165, 1.54) is 0 Å². The average Bonchev–Trinajstić information content (AvgIpc) is 2.46. The van der Waals surface area contributed by atoms with E-state index in [9.17, 15) is 8.42 Å². The first-order valence-corrected chi connectivity index (χ1v) is 8.99. The molecule has 2 fully saturated rings. The van der Waals surface area contributed by atoms with E-state index in [2.05, 4.69) is 19.2 Å². The van der Waals surface area contributed by atoms with Crippen molar-refractivity contribution in [2.45, 2.75) is 45.2 Å². The van der Waals surface area contributed by atoms with Crippen molar-refractivity contribution in [2.24, 2.45) is 0 Å². The number of ether oxygens (including phenoxy) is 1. The van der Waals surface area contributed by atoms with Gasteiger partial charge in [0.15, 0.2) is 0 Å². The third-order valence-corrected chi connectivity index (χ3v) is 6.02. The normalized spacial score (nSPS) is 27.1. The van der Waals surface area contributed by atoms with Gasteiger partial charge < -0.3 is 10.1 Å². The summed E-state index contributed by atoms with van der Waals surface area (Å²) in [5.74, 6) is 0. The number of nitrogens with one attached hydrogen (secondary N) is 1. The minimum atomic E-state index is -3.34. The molecule has 2 saturated heterocycles. The first-order valence-electron chi connectivity index (χ1n) is 7.60. The Balaban J connectivity index is 2.05. The van der Waals surface area contributed by atoms with Crippen molar-refractivity contribution in [2.75, 3.05) is 39.4 Å². The molecule has 0 spiro atoms. The quantitative estimate of drug-likeness (QED) is 0.799. The van der Waals surface area contributed by atoms with Crippen LogP contribution in [-0.4, -0.2) is 68.5 Å². The van der Waals surface area contributed by atoms with Gasteiger partial charge in [0, 0.05) is 38.3 Å². The zero-order chi connectivity index (χ0) is 14.6. The van der Waals surface area contributed by atoms with E-state index in [0.717, 1.165) is 25.8 Å². The lowest BCUT2D eigenvalue weighted by Crippen LogP contribution is -2.55. The van der Waals surface area contributed by atoms with E-state index in [-0.39, 0.29) is 6.04 Å². The third-order valence-electron chi connectivity index (χ3n) is 3.93. The van der Waals surface area contributed by atoms with Crippen LogP contribution in [0.5, 0.6) is 0 Å². The average molecular weight is 305 g/mol. The predicted molar refractivity (Wildman–Crippen MR) is 78.8 cm³/mol. The molecule has 0 radical (unpaired) electrons. The second-order valence-electron chi connectivity index (χ2n) is 5.84. The second-order valence-corrected chi connectivity index (χ2v) is 7.72. The molecule has 0 bridgehead atoms. The smallest absolute Gasteiger partial charge is 0.282 e. The predicted octanol–water partition coefficient (Wildman–Crippen LogP) is 0.416. The standard InChI is InChI=1S/C13H27N3O3S/c1-12(2)14-11-13-5-3-4-6-16(13)20(17,18)15-7-9-19-10-8-15/h12-14H,3-11H2,1-2H3. The Hall–Kier alpha value is -0.210. The maximum Gasteiger partial charge on any atom is 0.282 e. The Labute approximate surface area is 122 Å². The van der Waals surface area contributed by atoms with Crippen LogP contribution in [0.2, 0.25) is 0 Å². The summed E-state index contributed by atoms with van der Waals surface area (Å²) in [6.07, 6.45) is 3.02. The van der Waals surface area contributed by atoms with Gasteiger partial charge in [-0.25, -0.2) is 0 Å². The molecule has 0 aromatic heterocycles. The molecule has 6 nitrogen and oxygen atoms in total. The zero-order valence-corrected chi connectivity index (χ0v) is 13.4. The molecule has 0 aromatic rings. The summed E-state index contributed by atoms with van der Waals surface area (Å²) in [5, 5.41) is 3.37. The Bertz CT molecular complexity index is 394. The monoisotopic (exact) mass is 305 g/mol. The van der Waals surface area contributed by atoms with E-state index in [4.69, 9.17) is 4.74 Å². The number of hydrogen-bond acceptors (Lipinski definition) is 4. The fraction of sp³-hybridized carbons (Fsp3) is 1.00. The molecular weight excluding hydrogens is 278 g/mol. The highest BCUT2D eigenvalue weighted by atomic mass is 32.2. The van der Waals surface area contributed by atoms with Gasteiger partial charge in [-0.05, 0) is 12.8 Å². The van der Waals surface area contributed by atoms with Crippen LogP contribution in [0.4, 0.5) is 0 Å². The molecule has 2 rings (SSSR count). The Morgan fingerprint density at radius 3 is 2.55 bits per heavy atom. The fourth-order valence-electron chi connectivity index (χ4n) is 2.78. The van der Waals surface area contributed by atoms with Gasteiger partial charge in [-0.1, -0.05) is 20.3 Å². The summed E-state index contributed by atoms with van der Waals surface area (Å²) < 4.78 is 34.1. The molecule has 7 heteroatoms. The van der Waals surface area contributed by atoms with Gasteiger partial charge in [-0.2, -0.15) is 17.0 Å². The van der Waals surface area contributed by atoms with Gasteiger partial charge >= 0.3 is 0 Å². The van der Waals surface area contributed by atoms with Gasteiger partial charge in [-0.15, -0.1) is 0 Å². The van der Waals surface area contributed by atoms with Crippen LogP contribution in [-0.2, 0) is 14.9 Å². The number of piperidine rings is 1. The minimum absolute atomic E-state index is 0.0824. The lowest BCUT2D eigenvalue weighted by molar-refractivity contribution is 0.0681. The highest BCUT2D eigenvalue weighted by Gasteiger charge is 2.36. The summed E-state index contributed by atoms with van der Waals surface area (Å²) in [6, 6.07) is 0.462. The van der Waals surface area contributed by atoms with Crippen LogP contribution < -0.4 is 5.32 Å². The van der Waals surface area contributed by atoms with Crippen LogP contribution in [0, 0.1) is 0 Å². The van der Waals surface area contributed by atoms with E-state index in [1.807, 2.05) is 0 Å². The summed E-state index contributed by atoms with van der Waals surface area (Å²) >= 11 is 0. The van der Waals surface area contributed by atoms with E-state index in [0.29, 0.717) is 38.9 Å². The molecule has 2 aliphatic heterocycles. The van der Waals surface area contributed by atoms with Crippen LogP contribution in [0.15, 0.2) is 0 Å². The molecule has 118 valence electrons. The molecule has 0 amide bonds. The van der Waals surface area contributed by atoms with E-state index >= 15 is 0 Å². The van der Waals surface area contributed by atoms with Crippen molar-refractivity contribution in [3.63, 3.8) is 0 Å². The number of hydrogen-bond donors (Lipinski definition) is 1. The van der Waals surface area contributed by atoms with Crippen LogP contribution in [0.1, 0.15) is 33.1 Å². The van der Waals surface area contributed by atoms with Crippen molar-refractivity contribution in [1.29, 1.82) is 0 Å². The lowest BCUT2D eigenvalue weighted by atomic mass is 10.0. The maximum absolute atomic E-state index is 12.8. The zero-order valence-electron chi connectivity index (χ0n) is 12.5. The molecule has 1 N–H and O–H groups in total. The molecule has 0 aromatic carbocycles. The maximum atomic E-state index is 12.8. The molecule has 2 heterocycles. The SMILES string of the molecule is CC(C)NCC1CCCCN1S(=O)(=O)N1CCOCC1. The second kappa shape index (κ2) is 7.17. The lowest BCUT2D eigenvalue weighted by Gasteiger charge is -2.39. The largest absolute Gasteiger partial charge is 0.379 e. The van der Waals surface area contributed by atoms with Crippen molar-refractivity contribution in [1.82, 2.24) is 13.9 Å². The molecule has 20 heavy (non-hydrogen) atoms. The molecule has 1 unspecified atom stereocenters. The van der Waals surface area contributed by atoms with Crippen LogP contribution in [0.3, 0.4) is 0 Å².